The van der Waals surface area contributed by atoms with Crippen molar-refractivity contribution in [3.8, 4) is 5.75 Å². The summed E-state index contributed by atoms with van der Waals surface area (Å²) in [6.07, 6.45) is 6.04. The van der Waals surface area contributed by atoms with E-state index in [-0.39, 0.29) is 6.29 Å². The Morgan fingerprint density at radius 1 is 1.00 bits per heavy atom. The lowest BCUT2D eigenvalue weighted by molar-refractivity contribution is -0.105. The maximum absolute atomic E-state index is 10.7. The average Bonchev–Trinajstić information content (AvgIpc) is 3.22. The monoisotopic (exact) mass is 464 g/mol. The number of ether oxygens (including phenoxy) is 2. The fourth-order valence-corrected chi connectivity index (χ4v) is 5.94. The predicted molar refractivity (Wildman–Crippen MR) is 109 cm³/mol. The molecule has 1 unspecified atom stereocenters. The number of benzene rings is 2. The van der Waals surface area contributed by atoms with Crippen molar-refractivity contribution in [3.05, 3.63) is 36.4 Å². The zero-order valence-corrected chi connectivity index (χ0v) is 17.8. The van der Waals surface area contributed by atoms with E-state index in [2.05, 4.69) is 36.4 Å². The van der Waals surface area contributed by atoms with E-state index in [1.165, 1.54) is 46.4 Å². The first-order valence-electron chi connectivity index (χ1n) is 9.66. The van der Waals surface area contributed by atoms with Crippen molar-refractivity contribution in [2.75, 3.05) is 18.1 Å². The molecular formula is C20H23F3O5S2. The highest BCUT2D eigenvalue weighted by Crippen LogP contribution is 2.34. The Morgan fingerprint density at radius 3 is 2.23 bits per heavy atom. The fraction of sp³-hybridized carbons (Fsp3) is 0.500. The van der Waals surface area contributed by atoms with Gasteiger partial charge >= 0.3 is 5.51 Å². The fourth-order valence-electron chi connectivity index (χ4n) is 3.43. The van der Waals surface area contributed by atoms with E-state index in [4.69, 9.17) is 22.4 Å². The SMILES string of the molecule is O=S(=O)([O-])C(F)(F)F.c1cc([S+]2CCCC2)c2cccc(OC3CCCCO3)c2c1. The molecule has 0 N–H and O–H groups in total. The molecule has 4 rings (SSSR count). The number of alkyl halides is 3. The number of hydrogen-bond donors (Lipinski definition) is 0. The molecule has 0 saturated carbocycles. The Morgan fingerprint density at radius 2 is 1.63 bits per heavy atom. The van der Waals surface area contributed by atoms with Crippen LogP contribution >= 0.6 is 0 Å². The second-order valence-corrected chi connectivity index (χ2v) is 10.6. The normalized spacial score (nSPS) is 20.6. The summed E-state index contributed by atoms with van der Waals surface area (Å²) in [7, 11) is -5.66. The van der Waals surface area contributed by atoms with E-state index in [0.717, 1.165) is 25.2 Å². The lowest BCUT2D eigenvalue weighted by atomic mass is 10.1. The van der Waals surface area contributed by atoms with E-state index >= 15 is 0 Å². The molecule has 0 aromatic heterocycles. The first-order valence-corrected chi connectivity index (χ1v) is 12.6. The highest BCUT2D eigenvalue weighted by Gasteiger charge is 2.37. The van der Waals surface area contributed by atoms with Gasteiger partial charge < -0.3 is 14.0 Å². The van der Waals surface area contributed by atoms with Crippen LogP contribution < -0.4 is 4.74 Å². The molecule has 2 saturated heterocycles. The van der Waals surface area contributed by atoms with Crippen molar-refractivity contribution in [3.63, 3.8) is 0 Å². The van der Waals surface area contributed by atoms with Crippen molar-refractivity contribution in [1.82, 2.24) is 0 Å². The Hall–Kier alpha value is -1.49. The molecule has 1 atom stereocenters. The second-order valence-electron chi connectivity index (χ2n) is 7.03. The van der Waals surface area contributed by atoms with Crippen LogP contribution in [-0.2, 0) is 25.7 Å². The van der Waals surface area contributed by atoms with E-state index in [1.54, 1.807) is 0 Å². The molecule has 0 amide bonds. The van der Waals surface area contributed by atoms with Gasteiger partial charge in [0.1, 0.15) is 17.3 Å². The molecule has 2 aromatic rings. The van der Waals surface area contributed by atoms with Gasteiger partial charge in [-0.25, -0.2) is 8.42 Å². The van der Waals surface area contributed by atoms with E-state index in [9.17, 15) is 13.2 Å². The minimum atomic E-state index is -6.09. The van der Waals surface area contributed by atoms with Gasteiger partial charge in [-0.15, -0.1) is 0 Å². The first-order chi connectivity index (χ1) is 14.2. The second kappa shape index (κ2) is 9.76. The number of halogens is 3. The summed E-state index contributed by atoms with van der Waals surface area (Å²) in [5, 5.41) is 2.62. The molecule has 0 aliphatic carbocycles. The topological polar surface area (TPSA) is 75.7 Å². The molecule has 5 nitrogen and oxygen atoms in total. The van der Waals surface area contributed by atoms with Gasteiger partial charge in [0.15, 0.2) is 21.3 Å². The third-order valence-electron chi connectivity index (χ3n) is 4.86. The van der Waals surface area contributed by atoms with E-state index in [0.29, 0.717) is 10.9 Å². The quantitative estimate of drug-likeness (QED) is 0.378. The van der Waals surface area contributed by atoms with E-state index in [1.807, 2.05) is 0 Å². The number of hydrogen-bond acceptors (Lipinski definition) is 5. The maximum Gasteiger partial charge on any atom is 0.485 e. The molecule has 2 fully saturated rings. The van der Waals surface area contributed by atoms with Gasteiger partial charge in [0, 0.05) is 28.1 Å². The molecule has 2 aliphatic rings. The Bertz CT molecular complexity index is 951. The minimum Gasteiger partial charge on any atom is -0.741 e. The molecule has 30 heavy (non-hydrogen) atoms. The number of fused-ring (bicyclic) bond motifs is 1. The summed E-state index contributed by atoms with van der Waals surface area (Å²) < 4.78 is 70.8. The molecule has 166 valence electrons. The Balaban J connectivity index is 0.000000275. The summed E-state index contributed by atoms with van der Waals surface area (Å²) in [6.45, 7) is 0.824. The highest BCUT2D eigenvalue weighted by molar-refractivity contribution is 7.97. The van der Waals surface area contributed by atoms with Gasteiger partial charge in [0.05, 0.1) is 6.61 Å². The predicted octanol–water partition coefficient (Wildman–Crippen LogP) is 4.57. The lowest BCUT2D eigenvalue weighted by Gasteiger charge is -2.24. The molecular weight excluding hydrogens is 441 g/mol. The molecule has 0 bridgehead atoms. The molecule has 2 aromatic carbocycles. The third-order valence-corrected chi connectivity index (χ3v) is 7.97. The van der Waals surface area contributed by atoms with Crippen LogP contribution in [0.2, 0.25) is 0 Å². The maximum atomic E-state index is 10.7. The smallest absolute Gasteiger partial charge is 0.485 e. The van der Waals surface area contributed by atoms with Crippen LogP contribution in [0.4, 0.5) is 13.2 Å². The first kappa shape index (κ1) is 23.2. The van der Waals surface area contributed by atoms with E-state index < -0.39 is 15.6 Å². The van der Waals surface area contributed by atoms with Gasteiger partial charge in [-0.1, -0.05) is 18.2 Å². The van der Waals surface area contributed by atoms with Crippen molar-refractivity contribution < 1.29 is 35.6 Å². The van der Waals surface area contributed by atoms with Crippen LogP contribution in [0.5, 0.6) is 5.75 Å². The van der Waals surface area contributed by atoms with Crippen LogP contribution in [0.3, 0.4) is 0 Å². The van der Waals surface area contributed by atoms with Crippen LogP contribution in [0, 0.1) is 0 Å². The van der Waals surface area contributed by atoms with Crippen molar-refractivity contribution >= 4 is 31.8 Å². The van der Waals surface area contributed by atoms with Gasteiger partial charge in [0.25, 0.3) is 0 Å². The highest BCUT2D eigenvalue weighted by atomic mass is 32.2. The Kier molecular flexibility index (Phi) is 7.54. The van der Waals surface area contributed by atoms with Crippen LogP contribution in [0.25, 0.3) is 10.8 Å². The molecule has 0 radical (unpaired) electrons. The zero-order valence-electron chi connectivity index (χ0n) is 16.2. The summed E-state index contributed by atoms with van der Waals surface area (Å²) in [5.41, 5.74) is -5.65. The largest absolute Gasteiger partial charge is 0.741 e. The molecule has 10 heteroatoms. The van der Waals surface area contributed by atoms with Crippen LogP contribution in [0.15, 0.2) is 41.3 Å². The van der Waals surface area contributed by atoms with Crippen molar-refractivity contribution in [2.45, 2.75) is 48.8 Å². The summed E-state index contributed by atoms with van der Waals surface area (Å²) in [5.74, 6) is 3.69. The summed E-state index contributed by atoms with van der Waals surface area (Å²) in [4.78, 5) is 1.53. The standard InChI is InChI=1S/C19H23O2S.CHF3O3S/c1-2-12-20-19(11-1)21-17-9-5-8-16-15(17)7-6-10-18(16)22-13-3-4-14-22;2-1(3,4)8(5,6)7/h5-10,19H,1-4,11-14H2;(H,5,6,7)/q+1;/p-1. The minimum absolute atomic E-state index is 0.0723. The average molecular weight is 465 g/mol. The van der Waals surface area contributed by atoms with Crippen LogP contribution in [0.1, 0.15) is 32.1 Å². The van der Waals surface area contributed by atoms with Crippen molar-refractivity contribution in [2.24, 2.45) is 0 Å². The summed E-state index contributed by atoms with van der Waals surface area (Å²) >= 11 is 0. The lowest BCUT2D eigenvalue weighted by Crippen LogP contribution is -2.25. The van der Waals surface area contributed by atoms with Gasteiger partial charge in [-0.05, 0) is 43.9 Å². The third kappa shape index (κ3) is 5.81. The van der Waals surface area contributed by atoms with Crippen LogP contribution in [-0.4, -0.2) is 42.9 Å². The zero-order chi connectivity index (χ0) is 21.8. The van der Waals surface area contributed by atoms with Crippen molar-refractivity contribution in [1.29, 1.82) is 0 Å². The Labute approximate surface area is 176 Å². The molecule has 2 heterocycles. The summed E-state index contributed by atoms with van der Waals surface area (Å²) in [6, 6.07) is 13.2. The molecule has 0 spiro atoms. The number of rotatable bonds is 3. The van der Waals surface area contributed by atoms with Gasteiger partial charge in [-0.2, -0.15) is 13.2 Å². The van der Waals surface area contributed by atoms with Gasteiger partial charge in [0.2, 0.25) is 0 Å². The van der Waals surface area contributed by atoms with Gasteiger partial charge in [-0.3, -0.25) is 0 Å². The molecule has 2 aliphatic heterocycles.